The quantitative estimate of drug-likeness (QED) is 0.780. The van der Waals surface area contributed by atoms with Crippen LogP contribution in [0.3, 0.4) is 0 Å². The van der Waals surface area contributed by atoms with Gasteiger partial charge in [-0.2, -0.15) is 0 Å². The molecule has 0 fully saturated rings. The lowest BCUT2D eigenvalue weighted by Gasteiger charge is -2.02. The van der Waals surface area contributed by atoms with Crippen molar-refractivity contribution in [2.45, 2.75) is 12.8 Å². The van der Waals surface area contributed by atoms with Gasteiger partial charge in [0.2, 0.25) is 5.78 Å². The van der Waals surface area contributed by atoms with Crippen molar-refractivity contribution >= 4 is 16.8 Å². The maximum atomic E-state index is 12.3. The molecule has 3 heteroatoms. The molecule has 3 nitrogen and oxygen atoms in total. The first kappa shape index (κ1) is 11.8. The predicted octanol–water partition coefficient (Wildman–Crippen LogP) is 3.90. The SMILES string of the molecule is COc1ccc2oc(C(=O)C3=CCCC=C3)cc2c1. The monoisotopic (exact) mass is 254 g/mol. The number of ether oxygens (including phenoxy) is 1. The van der Waals surface area contributed by atoms with Crippen LogP contribution in [0.25, 0.3) is 11.0 Å². The molecule has 0 aliphatic heterocycles. The lowest BCUT2D eigenvalue weighted by molar-refractivity contribution is 0.101. The number of rotatable bonds is 3. The summed E-state index contributed by atoms with van der Waals surface area (Å²) >= 11 is 0. The van der Waals surface area contributed by atoms with Crippen LogP contribution in [-0.4, -0.2) is 12.9 Å². The summed E-state index contributed by atoms with van der Waals surface area (Å²) in [5.41, 5.74) is 1.40. The lowest BCUT2D eigenvalue weighted by atomic mass is 10.0. The molecule has 3 rings (SSSR count). The van der Waals surface area contributed by atoms with Crippen molar-refractivity contribution in [3.8, 4) is 5.75 Å². The van der Waals surface area contributed by atoms with Gasteiger partial charge < -0.3 is 9.15 Å². The van der Waals surface area contributed by atoms with Crippen LogP contribution in [0.15, 0.2) is 52.5 Å². The average Bonchev–Trinajstić information content (AvgIpc) is 2.90. The summed E-state index contributed by atoms with van der Waals surface area (Å²) in [7, 11) is 1.62. The molecule has 0 unspecified atom stereocenters. The van der Waals surface area contributed by atoms with Gasteiger partial charge in [0.1, 0.15) is 11.3 Å². The second-order valence-corrected chi connectivity index (χ2v) is 4.48. The van der Waals surface area contributed by atoms with Crippen molar-refractivity contribution < 1.29 is 13.9 Å². The van der Waals surface area contributed by atoms with E-state index in [-0.39, 0.29) is 5.78 Å². The van der Waals surface area contributed by atoms with Gasteiger partial charge in [-0.3, -0.25) is 4.79 Å². The third kappa shape index (κ3) is 2.19. The summed E-state index contributed by atoms with van der Waals surface area (Å²) in [5.74, 6) is 1.07. The van der Waals surface area contributed by atoms with Crippen molar-refractivity contribution in [2.75, 3.05) is 7.11 Å². The van der Waals surface area contributed by atoms with Crippen molar-refractivity contribution in [3.63, 3.8) is 0 Å². The smallest absolute Gasteiger partial charge is 0.227 e. The number of allylic oxidation sites excluding steroid dienone is 4. The zero-order valence-electron chi connectivity index (χ0n) is 10.7. The molecule has 1 aliphatic rings. The average molecular weight is 254 g/mol. The fourth-order valence-electron chi connectivity index (χ4n) is 2.18. The molecular weight excluding hydrogens is 240 g/mol. The molecule has 96 valence electrons. The van der Waals surface area contributed by atoms with Crippen molar-refractivity contribution in [2.24, 2.45) is 0 Å². The number of methoxy groups -OCH3 is 1. The Morgan fingerprint density at radius 2 is 2.16 bits per heavy atom. The standard InChI is InChI=1S/C16H14O3/c1-18-13-7-8-14-12(9-13)10-15(19-14)16(17)11-5-3-2-4-6-11/h3,5-10H,2,4H2,1H3. The zero-order valence-corrected chi connectivity index (χ0v) is 10.7. The normalized spacial score (nSPS) is 14.5. The second-order valence-electron chi connectivity index (χ2n) is 4.48. The van der Waals surface area contributed by atoms with E-state index >= 15 is 0 Å². The van der Waals surface area contributed by atoms with E-state index in [9.17, 15) is 4.79 Å². The summed E-state index contributed by atoms with van der Waals surface area (Å²) in [6.07, 6.45) is 7.73. The van der Waals surface area contributed by atoms with E-state index in [2.05, 4.69) is 0 Å². The highest BCUT2D eigenvalue weighted by Gasteiger charge is 2.16. The molecule has 0 radical (unpaired) electrons. The number of fused-ring (bicyclic) bond motifs is 1. The van der Waals surface area contributed by atoms with Gasteiger partial charge in [-0.1, -0.05) is 18.2 Å². The third-order valence-corrected chi connectivity index (χ3v) is 3.20. The predicted molar refractivity (Wildman–Crippen MR) is 73.6 cm³/mol. The Hall–Kier alpha value is -2.29. The van der Waals surface area contributed by atoms with Gasteiger partial charge in [-0.25, -0.2) is 0 Å². The van der Waals surface area contributed by atoms with Crippen LogP contribution in [0.2, 0.25) is 0 Å². The van der Waals surface area contributed by atoms with Gasteiger partial charge in [0.25, 0.3) is 0 Å². The van der Waals surface area contributed by atoms with Crippen LogP contribution in [0.4, 0.5) is 0 Å². The number of carbonyl (C=O) groups is 1. The molecule has 0 saturated carbocycles. The summed E-state index contributed by atoms with van der Waals surface area (Å²) in [6.45, 7) is 0. The van der Waals surface area contributed by atoms with Gasteiger partial charge in [0.05, 0.1) is 7.11 Å². The lowest BCUT2D eigenvalue weighted by Crippen LogP contribution is -2.01. The Morgan fingerprint density at radius 3 is 2.89 bits per heavy atom. The summed E-state index contributed by atoms with van der Waals surface area (Å²) in [6, 6.07) is 7.26. The van der Waals surface area contributed by atoms with Gasteiger partial charge in [0.15, 0.2) is 5.76 Å². The minimum Gasteiger partial charge on any atom is -0.497 e. The number of furan rings is 1. The molecule has 1 aromatic carbocycles. The largest absolute Gasteiger partial charge is 0.497 e. The topological polar surface area (TPSA) is 39.4 Å². The van der Waals surface area contributed by atoms with Crippen LogP contribution < -0.4 is 4.74 Å². The highest BCUT2D eigenvalue weighted by Crippen LogP contribution is 2.26. The van der Waals surface area contributed by atoms with Crippen LogP contribution in [0.1, 0.15) is 23.4 Å². The number of hydrogen-bond acceptors (Lipinski definition) is 3. The van der Waals surface area contributed by atoms with Gasteiger partial charge in [-0.15, -0.1) is 0 Å². The van der Waals surface area contributed by atoms with Crippen LogP contribution >= 0.6 is 0 Å². The van der Waals surface area contributed by atoms with Crippen LogP contribution in [0, 0.1) is 0 Å². The molecule has 0 N–H and O–H groups in total. The number of hydrogen-bond donors (Lipinski definition) is 0. The molecule has 0 atom stereocenters. The molecule has 2 aromatic rings. The maximum absolute atomic E-state index is 12.3. The Labute approximate surface area is 111 Å². The Kier molecular flexibility index (Phi) is 2.95. The molecule has 0 spiro atoms. The minimum absolute atomic E-state index is 0.0638. The van der Waals surface area contributed by atoms with E-state index in [1.54, 1.807) is 13.2 Å². The van der Waals surface area contributed by atoms with Crippen molar-refractivity contribution in [3.05, 3.63) is 53.8 Å². The molecule has 19 heavy (non-hydrogen) atoms. The molecule has 1 aliphatic carbocycles. The van der Waals surface area contributed by atoms with E-state index in [0.717, 1.165) is 24.0 Å². The first-order chi connectivity index (χ1) is 9.28. The summed E-state index contributed by atoms with van der Waals surface area (Å²) in [4.78, 5) is 12.3. The Balaban J connectivity index is 1.99. The summed E-state index contributed by atoms with van der Waals surface area (Å²) in [5, 5.41) is 0.878. The van der Waals surface area contributed by atoms with Crippen molar-refractivity contribution in [1.82, 2.24) is 0 Å². The molecule has 0 amide bonds. The van der Waals surface area contributed by atoms with E-state index < -0.39 is 0 Å². The fraction of sp³-hybridized carbons (Fsp3) is 0.188. The van der Waals surface area contributed by atoms with Crippen LogP contribution in [0.5, 0.6) is 5.75 Å². The molecule has 0 bridgehead atoms. The Bertz CT molecular complexity index is 689. The fourth-order valence-corrected chi connectivity index (χ4v) is 2.18. The molecule has 0 saturated heterocycles. The highest BCUT2D eigenvalue weighted by atomic mass is 16.5. The first-order valence-electron chi connectivity index (χ1n) is 6.27. The van der Waals surface area contributed by atoms with Crippen LogP contribution in [-0.2, 0) is 0 Å². The van der Waals surface area contributed by atoms with E-state index in [1.807, 2.05) is 36.4 Å². The summed E-state index contributed by atoms with van der Waals surface area (Å²) < 4.78 is 10.8. The van der Waals surface area contributed by atoms with E-state index in [1.165, 1.54) is 0 Å². The molecule has 1 heterocycles. The number of Topliss-reactive ketones (excluding diaryl/α,β-unsaturated/α-hetero) is 1. The number of ketones is 1. The second kappa shape index (κ2) is 4.76. The van der Waals surface area contributed by atoms with Crippen molar-refractivity contribution in [1.29, 1.82) is 0 Å². The molecular formula is C16H14O3. The zero-order chi connectivity index (χ0) is 13.2. The minimum atomic E-state index is -0.0638. The molecule has 1 aromatic heterocycles. The van der Waals surface area contributed by atoms with E-state index in [4.69, 9.17) is 9.15 Å². The Morgan fingerprint density at radius 1 is 1.26 bits per heavy atom. The van der Waals surface area contributed by atoms with Gasteiger partial charge in [-0.05, 0) is 37.1 Å². The number of carbonyl (C=O) groups excluding carboxylic acids is 1. The third-order valence-electron chi connectivity index (χ3n) is 3.20. The van der Waals surface area contributed by atoms with Gasteiger partial charge in [0, 0.05) is 11.0 Å². The van der Waals surface area contributed by atoms with E-state index in [0.29, 0.717) is 16.9 Å². The maximum Gasteiger partial charge on any atom is 0.227 e. The highest BCUT2D eigenvalue weighted by molar-refractivity contribution is 6.10. The first-order valence-corrected chi connectivity index (χ1v) is 6.27. The van der Waals surface area contributed by atoms with Gasteiger partial charge >= 0.3 is 0 Å². The number of benzene rings is 1.